The average Bonchev–Trinajstić information content (AvgIpc) is 2.63. The Bertz CT molecular complexity index is 639. The molecule has 2 aromatic rings. The third kappa shape index (κ3) is 7.63. The molecule has 0 spiro atoms. The summed E-state index contributed by atoms with van der Waals surface area (Å²) in [6.07, 6.45) is 0. The minimum absolute atomic E-state index is 0.772. The van der Waals surface area contributed by atoms with Crippen LogP contribution >= 0.6 is 11.8 Å². The van der Waals surface area contributed by atoms with Gasteiger partial charge in [-0.25, -0.2) is 0 Å². The molecule has 2 aromatic carbocycles. The Balaban J connectivity index is 1.69. The maximum Gasteiger partial charge on any atom is 0.191 e. The van der Waals surface area contributed by atoms with E-state index in [0.29, 0.717) is 0 Å². The maximum atomic E-state index is 4.28. The van der Waals surface area contributed by atoms with Crippen molar-refractivity contribution in [3.05, 3.63) is 65.7 Å². The molecule has 0 atom stereocenters. The van der Waals surface area contributed by atoms with Crippen molar-refractivity contribution in [1.82, 2.24) is 15.5 Å². The minimum Gasteiger partial charge on any atom is -0.356 e. The molecule has 0 saturated carbocycles. The zero-order valence-electron chi connectivity index (χ0n) is 15.3. The molecule has 0 aromatic heterocycles. The molecule has 4 nitrogen and oxygen atoms in total. The van der Waals surface area contributed by atoms with Crippen LogP contribution in [0.25, 0.3) is 0 Å². The van der Waals surface area contributed by atoms with Gasteiger partial charge >= 0.3 is 0 Å². The monoisotopic (exact) mass is 356 g/mol. The van der Waals surface area contributed by atoms with Crippen LogP contribution in [-0.2, 0) is 13.1 Å². The first-order valence-corrected chi connectivity index (χ1v) is 9.51. The molecule has 0 aliphatic heterocycles. The molecule has 134 valence electrons. The molecule has 25 heavy (non-hydrogen) atoms. The highest BCUT2D eigenvalue weighted by Crippen LogP contribution is 2.15. The lowest BCUT2D eigenvalue weighted by atomic mass is 10.1. The van der Waals surface area contributed by atoms with Crippen LogP contribution in [0.3, 0.4) is 0 Å². The zero-order chi connectivity index (χ0) is 17.9. The van der Waals surface area contributed by atoms with E-state index in [-0.39, 0.29) is 0 Å². The first kappa shape index (κ1) is 19.3. The third-order valence-corrected chi connectivity index (χ3v) is 4.63. The fraction of sp³-hybridized carbons (Fsp3) is 0.350. The molecule has 0 heterocycles. The van der Waals surface area contributed by atoms with Gasteiger partial charge in [0.15, 0.2) is 5.96 Å². The van der Waals surface area contributed by atoms with Gasteiger partial charge in [0.1, 0.15) is 0 Å². The molecule has 2 rings (SSSR count). The Kier molecular flexibility index (Phi) is 8.35. The smallest absolute Gasteiger partial charge is 0.191 e. The normalized spacial score (nSPS) is 11.6. The van der Waals surface area contributed by atoms with Gasteiger partial charge in [-0.15, -0.1) is 11.8 Å². The van der Waals surface area contributed by atoms with Gasteiger partial charge in [0.05, 0.1) is 0 Å². The van der Waals surface area contributed by atoms with E-state index in [1.54, 1.807) is 7.05 Å². The van der Waals surface area contributed by atoms with Crippen molar-refractivity contribution in [2.75, 3.05) is 33.4 Å². The lowest BCUT2D eigenvalue weighted by Crippen LogP contribution is -2.37. The van der Waals surface area contributed by atoms with Crippen molar-refractivity contribution in [3.63, 3.8) is 0 Å². The van der Waals surface area contributed by atoms with Crippen molar-refractivity contribution >= 4 is 17.7 Å². The molecule has 0 aliphatic carbocycles. The van der Waals surface area contributed by atoms with Crippen LogP contribution in [0.5, 0.6) is 0 Å². The lowest BCUT2D eigenvalue weighted by Gasteiger charge is -2.13. The maximum absolute atomic E-state index is 4.28. The Morgan fingerprint density at radius 1 is 0.960 bits per heavy atom. The number of rotatable bonds is 8. The number of guanidine groups is 1. The van der Waals surface area contributed by atoms with Gasteiger partial charge in [0.25, 0.3) is 0 Å². The lowest BCUT2D eigenvalue weighted by molar-refractivity contribution is 0.402. The summed E-state index contributed by atoms with van der Waals surface area (Å²) in [6.45, 7) is 2.62. The van der Waals surface area contributed by atoms with E-state index >= 15 is 0 Å². The van der Waals surface area contributed by atoms with Gasteiger partial charge in [0, 0.05) is 37.3 Å². The second kappa shape index (κ2) is 10.8. The molecule has 0 aliphatic rings. The number of hydrogen-bond acceptors (Lipinski definition) is 3. The molecule has 0 fully saturated rings. The second-order valence-corrected chi connectivity index (χ2v) is 7.24. The molecular weight excluding hydrogens is 328 g/mol. The number of thioether (sulfide) groups is 1. The van der Waals surface area contributed by atoms with Crippen LogP contribution in [0, 0.1) is 0 Å². The topological polar surface area (TPSA) is 39.7 Å². The van der Waals surface area contributed by atoms with Crippen molar-refractivity contribution in [3.8, 4) is 0 Å². The predicted molar refractivity (Wildman–Crippen MR) is 109 cm³/mol. The number of benzene rings is 2. The largest absolute Gasteiger partial charge is 0.356 e. The minimum atomic E-state index is 0.772. The van der Waals surface area contributed by atoms with Crippen LogP contribution < -0.4 is 10.6 Å². The summed E-state index contributed by atoms with van der Waals surface area (Å²) in [5.41, 5.74) is 2.58. The van der Waals surface area contributed by atoms with Gasteiger partial charge in [-0.1, -0.05) is 42.5 Å². The molecule has 5 heteroatoms. The summed E-state index contributed by atoms with van der Waals surface area (Å²) in [6, 6.07) is 19.2. The van der Waals surface area contributed by atoms with E-state index in [0.717, 1.165) is 31.3 Å². The average molecular weight is 357 g/mol. The number of aliphatic imine (C=N–C) groups is 1. The summed E-state index contributed by atoms with van der Waals surface area (Å²) < 4.78 is 0. The Morgan fingerprint density at radius 3 is 2.28 bits per heavy atom. The van der Waals surface area contributed by atoms with Crippen molar-refractivity contribution in [2.24, 2.45) is 4.99 Å². The van der Waals surface area contributed by atoms with Crippen LogP contribution in [0.2, 0.25) is 0 Å². The highest BCUT2D eigenvalue weighted by molar-refractivity contribution is 7.99. The summed E-state index contributed by atoms with van der Waals surface area (Å²) in [5, 5.41) is 6.72. The van der Waals surface area contributed by atoms with Crippen molar-refractivity contribution < 1.29 is 0 Å². The van der Waals surface area contributed by atoms with E-state index in [4.69, 9.17) is 0 Å². The fourth-order valence-corrected chi connectivity index (χ4v) is 3.18. The van der Waals surface area contributed by atoms with Gasteiger partial charge in [-0.3, -0.25) is 4.99 Å². The SMILES string of the molecule is CN=C(NCCSc1ccccc1)NCc1ccc(CN(C)C)cc1. The second-order valence-electron chi connectivity index (χ2n) is 6.07. The molecular formula is C20H28N4S. The molecule has 2 N–H and O–H groups in total. The summed E-state index contributed by atoms with van der Waals surface area (Å²) in [5.74, 6) is 1.84. The quantitative estimate of drug-likeness (QED) is 0.330. The van der Waals surface area contributed by atoms with Gasteiger partial charge in [0.2, 0.25) is 0 Å². The Morgan fingerprint density at radius 2 is 1.64 bits per heavy atom. The highest BCUT2D eigenvalue weighted by Gasteiger charge is 2.00. The van der Waals surface area contributed by atoms with E-state index in [1.165, 1.54) is 16.0 Å². The van der Waals surface area contributed by atoms with E-state index < -0.39 is 0 Å². The molecule has 0 amide bonds. The van der Waals surface area contributed by atoms with Crippen molar-refractivity contribution in [1.29, 1.82) is 0 Å². The third-order valence-electron chi connectivity index (χ3n) is 3.61. The molecule has 0 unspecified atom stereocenters. The fourth-order valence-electron chi connectivity index (χ4n) is 2.39. The van der Waals surface area contributed by atoms with Crippen LogP contribution in [0.15, 0.2) is 64.5 Å². The van der Waals surface area contributed by atoms with Crippen molar-refractivity contribution in [2.45, 2.75) is 18.0 Å². The standard InChI is InChI=1S/C20H28N4S/c1-21-20(22-13-14-25-19-7-5-4-6-8-19)23-15-17-9-11-18(12-10-17)16-24(2)3/h4-12H,13-16H2,1-3H3,(H2,21,22,23). The first-order valence-electron chi connectivity index (χ1n) is 8.52. The van der Waals surface area contributed by atoms with E-state index in [2.05, 4.69) is 83.2 Å². The molecule has 0 bridgehead atoms. The Hall–Kier alpha value is -1.98. The van der Waals surface area contributed by atoms with Crippen LogP contribution in [0.1, 0.15) is 11.1 Å². The van der Waals surface area contributed by atoms with E-state index in [9.17, 15) is 0 Å². The predicted octanol–water partition coefficient (Wildman–Crippen LogP) is 3.21. The van der Waals surface area contributed by atoms with Crippen LogP contribution in [-0.4, -0.2) is 44.3 Å². The summed E-state index contributed by atoms with van der Waals surface area (Å²) in [7, 11) is 5.97. The number of nitrogens with one attached hydrogen (secondary N) is 2. The summed E-state index contributed by atoms with van der Waals surface area (Å²) >= 11 is 1.84. The number of hydrogen-bond donors (Lipinski definition) is 2. The van der Waals surface area contributed by atoms with Gasteiger partial charge < -0.3 is 15.5 Å². The molecule has 0 radical (unpaired) electrons. The zero-order valence-corrected chi connectivity index (χ0v) is 16.1. The van der Waals surface area contributed by atoms with Gasteiger partial charge in [-0.05, 0) is 37.4 Å². The Labute approximate surface area is 155 Å². The molecule has 0 saturated heterocycles. The first-order chi connectivity index (χ1) is 12.2. The van der Waals surface area contributed by atoms with Gasteiger partial charge in [-0.2, -0.15) is 0 Å². The van der Waals surface area contributed by atoms with Crippen LogP contribution in [0.4, 0.5) is 0 Å². The summed E-state index contributed by atoms with van der Waals surface area (Å²) in [4.78, 5) is 7.75. The number of nitrogens with zero attached hydrogens (tertiary/aromatic N) is 2. The highest BCUT2D eigenvalue weighted by atomic mass is 32.2. The van der Waals surface area contributed by atoms with E-state index in [1.807, 2.05) is 17.8 Å².